The van der Waals surface area contributed by atoms with Gasteiger partial charge in [-0.25, -0.2) is 4.79 Å². The summed E-state index contributed by atoms with van der Waals surface area (Å²) in [4.78, 5) is 38.6. The van der Waals surface area contributed by atoms with E-state index in [0.29, 0.717) is 16.7 Å². The minimum Gasteiger partial charge on any atom is -0.496 e. The van der Waals surface area contributed by atoms with Gasteiger partial charge in [-0.1, -0.05) is 42.5 Å². The number of hydrogen-bond acceptors (Lipinski definition) is 5. The van der Waals surface area contributed by atoms with Gasteiger partial charge in [0.2, 0.25) is 5.91 Å². The van der Waals surface area contributed by atoms with Crippen LogP contribution in [0.15, 0.2) is 54.6 Å². The third-order valence-electron chi connectivity index (χ3n) is 5.20. The maximum atomic E-state index is 12.6. The third-order valence-corrected chi connectivity index (χ3v) is 5.20. The molecule has 0 spiro atoms. The Morgan fingerprint density at radius 2 is 1.56 bits per heavy atom. The number of methoxy groups -OCH3 is 1. The van der Waals surface area contributed by atoms with Gasteiger partial charge in [0.05, 0.1) is 19.2 Å². The van der Waals surface area contributed by atoms with Crippen LogP contribution >= 0.6 is 0 Å². The van der Waals surface area contributed by atoms with Crippen LogP contribution in [0.2, 0.25) is 0 Å². The number of likely N-dealkylation sites (N-methyl/N-ethyl adjacent to an activating group) is 1. The molecule has 0 aromatic heterocycles. The van der Waals surface area contributed by atoms with Gasteiger partial charge in [-0.3, -0.25) is 9.59 Å². The van der Waals surface area contributed by atoms with E-state index < -0.39 is 18.5 Å². The molecule has 2 amide bonds. The van der Waals surface area contributed by atoms with Crippen molar-refractivity contribution in [3.8, 4) is 5.75 Å². The van der Waals surface area contributed by atoms with Crippen LogP contribution in [0.25, 0.3) is 10.8 Å². The smallest absolute Gasteiger partial charge is 0.339 e. The van der Waals surface area contributed by atoms with Gasteiger partial charge in [-0.15, -0.1) is 0 Å². The second kappa shape index (κ2) is 9.96. The van der Waals surface area contributed by atoms with Crippen LogP contribution in [0.4, 0.5) is 5.69 Å². The fourth-order valence-electron chi connectivity index (χ4n) is 3.44. The number of carbonyl (C=O) groups is 3. The summed E-state index contributed by atoms with van der Waals surface area (Å²) in [6, 6.07) is 16.3. The largest absolute Gasteiger partial charge is 0.496 e. The van der Waals surface area contributed by atoms with Crippen molar-refractivity contribution in [2.24, 2.45) is 0 Å². The molecule has 3 rings (SSSR count). The normalized spacial score (nSPS) is 10.5. The van der Waals surface area contributed by atoms with E-state index in [2.05, 4.69) is 5.32 Å². The zero-order chi connectivity index (χ0) is 23.3. The molecule has 0 heterocycles. The third kappa shape index (κ3) is 5.06. The van der Waals surface area contributed by atoms with Crippen molar-refractivity contribution in [3.05, 3.63) is 71.3 Å². The summed E-state index contributed by atoms with van der Waals surface area (Å²) >= 11 is 0. The molecular formula is C25H26N2O5. The number of nitrogens with one attached hydrogen (secondary N) is 1. The molecule has 3 aromatic rings. The average Bonchev–Trinajstić information content (AvgIpc) is 2.78. The highest BCUT2D eigenvalue weighted by atomic mass is 16.5. The van der Waals surface area contributed by atoms with Crippen LogP contribution in [-0.2, 0) is 14.3 Å². The summed E-state index contributed by atoms with van der Waals surface area (Å²) in [5.41, 5.74) is 2.95. The van der Waals surface area contributed by atoms with Gasteiger partial charge < -0.3 is 19.7 Å². The average molecular weight is 434 g/mol. The Labute approximate surface area is 186 Å². The number of para-hydroxylation sites is 1. The molecule has 7 heteroatoms. The molecule has 0 radical (unpaired) electrons. The predicted molar refractivity (Wildman–Crippen MR) is 123 cm³/mol. The Morgan fingerprint density at radius 1 is 0.906 bits per heavy atom. The number of carbonyl (C=O) groups excluding carboxylic acids is 3. The maximum absolute atomic E-state index is 12.6. The Hall–Kier alpha value is -3.87. The summed E-state index contributed by atoms with van der Waals surface area (Å²) in [5.74, 6) is -0.785. The molecule has 166 valence electrons. The molecule has 0 aliphatic heterocycles. The minimum atomic E-state index is -0.620. The highest BCUT2D eigenvalue weighted by Gasteiger charge is 2.19. The molecule has 3 aromatic carbocycles. The zero-order valence-electron chi connectivity index (χ0n) is 18.6. The van der Waals surface area contributed by atoms with E-state index in [4.69, 9.17) is 9.47 Å². The van der Waals surface area contributed by atoms with Gasteiger partial charge in [0.1, 0.15) is 5.75 Å². The summed E-state index contributed by atoms with van der Waals surface area (Å²) in [7, 11) is 3.05. The molecule has 0 aliphatic rings. The molecule has 1 N–H and O–H groups in total. The van der Waals surface area contributed by atoms with Crippen molar-refractivity contribution in [1.29, 1.82) is 0 Å². The van der Waals surface area contributed by atoms with Crippen LogP contribution in [0.3, 0.4) is 0 Å². The number of amides is 2. The minimum absolute atomic E-state index is 0.157. The molecule has 0 saturated heterocycles. The van der Waals surface area contributed by atoms with E-state index in [0.717, 1.165) is 22.2 Å². The highest BCUT2D eigenvalue weighted by Crippen LogP contribution is 2.28. The van der Waals surface area contributed by atoms with Gasteiger partial charge in [-0.05, 0) is 42.5 Å². The SMILES string of the molecule is COc1ccc(C(=O)OCC(=O)N(C)CC(=O)Nc2c(C)cccc2C)c2ccccc12. The fraction of sp³-hybridized carbons (Fsp3) is 0.240. The van der Waals surface area contributed by atoms with Crippen molar-refractivity contribution in [2.45, 2.75) is 13.8 Å². The number of fused-ring (bicyclic) bond motifs is 1. The van der Waals surface area contributed by atoms with Crippen LogP contribution in [0, 0.1) is 13.8 Å². The maximum Gasteiger partial charge on any atom is 0.339 e. The molecule has 0 saturated carbocycles. The number of ether oxygens (including phenoxy) is 2. The van der Waals surface area contributed by atoms with Crippen LogP contribution in [-0.4, -0.2) is 50.0 Å². The number of hydrogen-bond donors (Lipinski definition) is 1. The van der Waals surface area contributed by atoms with E-state index >= 15 is 0 Å². The standard InChI is InChI=1S/C25H26N2O5/c1-16-8-7-9-17(2)24(16)26-22(28)14-27(3)23(29)15-32-25(30)20-12-13-21(31-4)19-11-6-5-10-18(19)20/h5-13H,14-15H2,1-4H3,(H,26,28). The first-order chi connectivity index (χ1) is 15.3. The molecule has 32 heavy (non-hydrogen) atoms. The van der Waals surface area contributed by atoms with E-state index in [1.165, 1.54) is 11.9 Å². The summed E-state index contributed by atoms with van der Waals surface area (Å²) in [6.45, 7) is 3.18. The van der Waals surface area contributed by atoms with Gasteiger partial charge >= 0.3 is 5.97 Å². The Balaban J connectivity index is 1.60. The first-order valence-corrected chi connectivity index (χ1v) is 10.1. The van der Waals surface area contributed by atoms with E-state index in [1.807, 2.05) is 50.2 Å². The molecule has 0 unspecified atom stereocenters. The number of benzene rings is 3. The van der Waals surface area contributed by atoms with Crippen LogP contribution in [0.1, 0.15) is 21.5 Å². The summed E-state index contributed by atoms with van der Waals surface area (Å²) in [6.07, 6.45) is 0. The van der Waals surface area contributed by atoms with E-state index in [-0.39, 0.29) is 12.5 Å². The Kier molecular flexibility index (Phi) is 7.10. The lowest BCUT2D eigenvalue weighted by Gasteiger charge is -2.18. The van der Waals surface area contributed by atoms with E-state index in [9.17, 15) is 14.4 Å². The predicted octanol–water partition coefficient (Wildman–Crippen LogP) is 3.72. The second-order valence-corrected chi connectivity index (χ2v) is 7.50. The summed E-state index contributed by atoms with van der Waals surface area (Å²) in [5, 5.41) is 4.28. The molecule has 0 bridgehead atoms. The van der Waals surface area contributed by atoms with Gasteiger partial charge in [0, 0.05) is 18.1 Å². The fourth-order valence-corrected chi connectivity index (χ4v) is 3.44. The quantitative estimate of drug-likeness (QED) is 0.573. The number of nitrogens with zero attached hydrogens (tertiary/aromatic N) is 1. The highest BCUT2D eigenvalue weighted by molar-refractivity contribution is 6.06. The number of esters is 1. The number of rotatable bonds is 7. The van der Waals surface area contributed by atoms with Crippen molar-refractivity contribution in [3.63, 3.8) is 0 Å². The molecule has 0 fully saturated rings. The first-order valence-electron chi connectivity index (χ1n) is 10.1. The molecule has 0 atom stereocenters. The lowest BCUT2D eigenvalue weighted by Crippen LogP contribution is -2.37. The first kappa shape index (κ1) is 22.8. The Morgan fingerprint density at radius 3 is 2.22 bits per heavy atom. The van der Waals surface area contributed by atoms with Crippen molar-refractivity contribution in [2.75, 3.05) is 32.6 Å². The van der Waals surface area contributed by atoms with Crippen LogP contribution < -0.4 is 10.1 Å². The lowest BCUT2D eigenvalue weighted by molar-refractivity contribution is -0.136. The lowest BCUT2D eigenvalue weighted by atomic mass is 10.0. The molecular weight excluding hydrogens is 408 g/mol. The zero-order valence-corrected chi connectivity index (χ0v) is 18.6. The monoisotopic (exact) mass is 434 g/mol. The number of anilines is 1. The second-order valence-electron chi connectivity index (χ2n) is 7.50. The van der Waals surface area contributed by atoms with Crippen LogP contribution in [0.5, 0.6) is 5.75 Å². The van der Waals surface area contributed by atoms with Gasteiger partial charge in [0.25, 0.3) is 5.91 Å². The van der Waals surface area contributed by atoms with Crippen molar-refractivity contribution < 1.29 is 23.9 Å². The summed E-state index contributed by atoms with van der Waals surface area (Å²) < 4.78 is 10.6. The van der Waals surface area contributed by atoms with Crippen molar-refractivity contribution >= 4 is 34.2 Å². The molecule has 0 aliphatic carbocycles. The van der Waals surface area contributed by atoms with Gasteiger partial charge in [0.15, 0.2) is 6.61 Å². The van der Waals surface area contributed by atoms with Gasteiger partial charge in [-0.2, -0.15) is 0 Å². The number of aryl methyl sites for hydroxylation is 2. The Bertz CT molecular complexity index is 1150. The topological polar surface area (TPSA) is 84.9 Å². The van der Waals surface area contributed by atoms with E-state index in [1.54, 1.807) is 25.3 Å². The molecule has 7 nitrogen and oxygen atoms in total. The van der Waals surface area contributed by atoms with Crippen molar-refractivity contribution in [1.82, 2.24) is 4.90 Å².